The Bertz CT molecular complexity index is 583. The monoisotopic (exact) mass is 236 g/mol. The first-order valence-corrected chi connectivity index (χ1v) is 5.74. The minimum Gasteiger partial charge on any atom is -0.347 e. The topological polar surface area (TPSA) is 42.3 Å². The van der Waals surface area contributed by atoms with E-state index in [4.69, 9.17) is 0 Å². The predicted octanol–water partition coefficient (Wildman–Crippen LogP) is 1.15. The lowest BCUT2D eigenvalue weighted by molar-refractivity contribution is -0.129. The molecule has 0 spiro atoms. The second-order valence-electron chi connectivity index (χ2n) is 3.74. The second kappa shape index (κ2) is 4.09. The third-order valence-corrected chi connectivity index (χ3v) is 3.28. The van der Waals surface area contributed by atoms with Gasteiger partial charge >= 0.3 is 0 Å². The number of rotatable bonds is 2. The van der Waals surface area contributed by atoms with E-state index in [0.717, 1.165) is 4.70 Å². The Morgan fingerprint density at radius 3 is 2.88 bits per heavy atom. The predicted molar refractivity (Wildman–Crippen MR) is 64.8 cm³/mol. The van der Waals surface area contributed by atoms with Gasteiger partial charge in [0.05, 0.1) is 5.39 Å². The highest BCUT2D eigenvalue weighted by Gasteiger charge is 2.08. The molecule has 1 amide bonds. The molecule has 0 atom stereocenters. The lowest BCUT2D eigenvalue weighted by atomic mass is 10.3. The van der Waals surface area contributed by atoms with E-state index in [2.05, 4.69) is 0 Å². The molecule has 0 aromatic carbocycles. The van der Waals surface area contributed by atoms with Gasteiger partial charge in [-0.2, -0.15) is 0 Å². The molecule has 2 aromatic rings. The summed E-state index contributed by atoms with van der Waals surface area (Å²) in [6.45, 7) is 0.0949. The van der Waals surface area contributed by atoms with Crippen molar-refractivity contribution in [3.8, 4) is 0 Å². The van der Waals surface area contributed by atoms with Crippen molar-refractivity contribution < 1.29 is 4.79 Å². The smallest absolute Gasteiger partial charge is 0.259 e. The molecule has 0 saturated carbocycles. The summed E-state index contributed by atoms with van der Waals surface area (Å²) in [5.74, 6) is -0.0864. The Kier molecular flexibility index (Phi) is 2.78. The highest BCUT2D eigenvalue weighted by molar-refractivity contribution is 7.17. The average molecular weight is 236 g/mol. The van der Waals surface area contributed by atoms with Crippen molar-refractivity contribution in [2.24, 2.45) is 0 Å². The van der Waals surface area contributed by atoms with Crippen LogP contribution in [-0.2, 0) is 11.3 Å². The van der Waals surface area contributed by atoms with Crippen LogP contribution in [0.1, 0.15) is 0 Å². The van der Waals surface area contributed by atoms with E-state index in [-0.39, 0.29) is 18.0 Å². The highest BCUT2D eigenvalue weighted by Crippen LogP contribution is 2.16. The molecule has 0 aliphatic carbocycles. The summed E-state index contributed by atoms with van der Waals surface area (Å²) in [4.78, 5) is 24.9. The van der Waals surface area contributed by atoms with Gasteiger partial charge in [-0.25, -0.2) is 0 Å². The van der Waals surface area contributed by atoms with E-state index in [0.29, 0.717) is 5.39 Å². The fourth-order valence-corrected chi connectivity index (χ4v) is 2.19. The Morgan fingerprint density at radius 2 is 2.19 bits per heavy atom. The quantitative estimate of drug-likeness (QED) is 0.785. The first kappa shape index (κ1) is 10.9. The molecular weight excluding hydrogens is 224 g/mol. The summed E-state index contributed by atoms with van der Waals surface area (Å²) in [6.07, 6.45) is 1.67. The molecule has 5 heteroatoms. The van der Waals surface area contributed by atoms with Crippen LogP contribution in [0.15, 0.2) is 28.5 Å². The number of pyridine rings is 1. The van der Waals surface area contributed by atoms with Crippen LogP contribution >= 0.6 is 11.3 Å². The van der Waals surface area contributed by atoms with Crippen molar-refractivity contribution in [1.82, 2.24) is 9.47 Å². The van der Waals surface area contributed by atoms with Gasteiger partial charge in [-0.1, -0.05) is 0 Å². The van der Waals surface area contributed by atoms with E-state index in [1.165, 1.54) is 20.8 Å². The number of hydrogen-bond acceptors (Lipinski definition) is 3. The number of thiophene rings is 1. The number of aromatic nitrogens is 1. The molecule has 0 aliphatic heterocycles. The zero-order valence-corrected chi connectivity index (χ0v) is 9.95. The van der Waals surface area contributed by atoms with Crippen molar-refractivity contribution in [2.75, 3.05) is 14.1 Å². The molecule has 2 heterocycles. The van der Waals surface area contributed by atoms with E-state index < -0.39 is 0 Å². The largest absolute Gasteiger partial charge is 0.347 e. The second-order valence-corrected chi connectivity index (χ2v) is 4.68. The number of likely N-dealkylation sites (N-methyl/N-ethyl adjacent to an activating group) is 1. The molecule has 0 radical (unpaired) electrons. The van der Waals surface area contributed by atoms with Gasteiger partial charge in [0.1, 0.15) is 6.54 Å². The van der Waals surface area contributed by atoms with Crippen LogP contribution < -0.4 is 5.56 Å². The van der Waals surface area contributed by atoms with E-state index >= 15 is 0 Å². The SMILES string of the molecule is CN(C)C(=O)Cn1ccc2sccc2c1=O. The van der Waals surface area contributed by atoms with E-state index in [1.54, 1.807) is 26.4 Å². The lowest BCUT2D eigenvalue weighted by Gasteiger charge is -2.11. The number of carbonyl (C=O) groups is 1. The molecule has 16 heavy (non-hydrogen) atoms. The van der Waals surface area contributed by atoms with Gasteiger partial charge in [-0.05, 0) is 17.5 Å². The zero-order valence-electron chi connectivity index (χ0n) is 9.14. The van der Waals surface area contributed by atoms with Crippen LogP contribution in [0, 0.1) is 0 Å². The molecule has 0 N–H and O–H groups in total. The number of hydrogen-bond donors (Lipinski definition) is 0. The molecule has 84 valence electrons. The third kappa shape index (κ3) is 1.86. The number of carbonyl (C=O) groups excluding carboxylic acids is 1. The molecule has 4 nitrogen and oxygen atoms in total. The minimum atomic E-state index is -0.103. The van der Waals surface area contributed by atoms with Gasteiger partial charge in [-0.15, -0.1) is 11.3 Å². The molecule has 0 fully saturated rings. The Labute approximate surface area is 96.7 Å². The number of amides is 1. The number of fused-ring (bicyclic) bond motifs is 1. The average Bonchev–Trinajstić information content (AvgIpc) is 2.70. The molecule has 2 rings (SSSR count). The summed E-state index contributed by atoms with van der Waals surface area (Å²) in [6, 6.07) is 3.66. The standard InChI is InChI=1S/C11H12N2O2S/c1-12(2)10(14)7-13-5-3-9-8(11(13)15)4-6-16-9/h3-6H,7H2,1-2H3. The van der Waals surface area contributed by atoms with E-state index in [9.17, 15) is 9.59 Å². The summed E-state index contributed by atoms with van der Waals surface area (Å²) in [5.41, 5.74) is -0.103. The summed E-state index contributed by atoms with van der Waals surface area (Å²) >= 11 is 1.53. The van der Waals surface area contributed by atoms with Crippen molar-refractivity contribution >= 4 is 27.3 Å². The number of nitrogens with zero attached hydrogens (tertiary/aromatic N) is 2. The Morgan fingerprint density at radius 1 is 1.44 bits per heavy atom. The van der Waals surface area contributed by atoms with Gasteiger partial charge in [0.15, 0.2) is 0 Å². The molecule has 0 aliphatic rings. The molecule has 0 bridgehead atoms. The first-order valence-electron chi connectivity index (χ1n) is 4.86. The Balaban J connectivity index is 2.42. The third-order valence-electron chi connectivity index (χ3n) is 2.40. The zero-order chi connectivity index (χ0) is 11.7. The summed E-state index contributed by atoms with van der Waals surface area (Å²) in [5, 5.41) is 2.56. The van der Waals surface area contributed by atoms with Crippen LogP contribution in [0.25, 0.3) is 10.1 Å². The molecule has 2 aromatic heterocycles. The van der Waals surface area contributed by atoms with Gasteiger partial charge in [0, 0.05) is 25.0 Å². The fourth-order valence-electron chi connectivity index (χ4n) is 1.42. The van der Waals surface area contributed by atoms with E-state index in [1.807, 2.05) is 11.4 Å². The van der Waals surface area contributed by atoms with Crippen LogP contribution in [0.2, 0.25) is 0 Å². The van der Waals surface area contributed by atoms with Gasteiger partial charge in [0.25, 0.3) is 5.56 Å². The van der Waals surface area contributed by atoms with Gasteiger partial charge in [-0.3, -0.25) is 9.59 Å². The maximum atomic E-state index is 11.9. The maximum absolute atomic E-state index is 11.9. The van der Waals surface area contributed by atoms with Crippen molar-refractivity contribution in [1.29, 1.82) is 0 Å². The maximum Gasteiger partial charge on any atom is 0.259 e. The first-order chi connectivity index (χ1) is 7.59. The molecular formula is C11H12N2O2S. The van der Waals surface area contributed by atoms with Gasteiger partial charge in [0.2, 0.25) is 5.91 Å². The van der Waals surface area contributed by atoms with Crippen LogP contribution in [0.4, 0.5) is 0 Å². The highest BCUT2D eigenvalue weighted by atomic mass is 32.1. The molecule has 0 unspecified atom stereocenters. The van der Waals surface area contributed by atoms with Crippen molar-refractivity contribution in [3.05, 3.63) is 34.1 Å². The van der Waals surface area contributed by atoms with Gasteiger partial charge < -0.3 is 9.47 Å². The minimum absolute atomic E-state index is 0.0864. The fraction of sp³-hybridized carbons (Fsp3) is 0.273. The lowest BCUT2D eigenvalue weighted by Crippen LogP contribution is -2.31. The normalized spacial score (nSPS) is 10.6. The summed E-state index contributed by atoms with van der Waals surface area (Å²) in [7, 11) is 3.35. The molecule has 0 saturated heterocycles. The van der Waals surface area contributed by atoms with Crippen molar-refractivity contribution in [3.63, 3.8) is 0 Å². The van der Waals surface area contributed by atoms with Crippen LogP contribution in [0.5, 0.6) is 0 Å². The summed E-state index contributed by atoms with van der Waals surface area (Å²) < 4.78 is 2.40. The van der Waals surface area contributed by atoms with Crippen LogP contribution in [0.3, 0.4) is 0 Å². The van der Waals surface area contributed by atoms with Crippen molar-refractivity contribution in [2.45, 2.75) is 6.54 Å². The van der Waals surface area contributed by atoms with Crippen LogP contribution in [-0.4, -0.2) is 29.5 Å². The Hall–Kier alpha value is -1.62.